The first kappa shape index (κ1) is 19.4. The van der Waals surface area contributed by atoms with E-state index in [9.17, 15) is 4.79 Å². The molecule has 2 unspecified atom stereocenters. The van der Waals surface area contributed by atoms with Crippen molar-refractivity contribution in [2.75, 3.05) is 26.2 Å². The van der Waals surface area contributed by atoms with Gasteiger partial charge in [0, 0.05) is 36.6 Å². The Labute approximate surface area is 174 Å². The summed E-state index contributed by atoms with van der Waals surface area (Å²) in [5.41, 5.74) is 3.39. The number of fused-ring (bicyclic) bond motifs is 4. The maximum absolute atomic E-state index is 12.5. The van der Waals surface area contributed by atoms with Gasteiger partial charge in [-0.1, -0.05) is 31.2 Å². The van der Waals surface area contributed by atoms with Crippen molar-refractivity contribution in [3.8, 4) is 0 Å². The maximum Gasteiger partial charge on any atom is 0.410 e. The molecule has 4 aliphatic heterocycles. The van der Waals surface area contributed by atoms with Crippen molar-refractivity contribution in [3.63, 3.8) is 0 Å². The highest BCUT2D eigenvalue weighted by molar-refractivity contribution is 5.69. The number of carbonyl (C=O) groups excluding carboxylic acids is 1. The fraction of sp³-hybridized carbons (Fsp3) is 0.708. The van der Waals surface area contributed by atoms with Crippen LogP contribution in [0.1, 0.15) is 63.0 Å². The molecule has 1 N–H and O–H groups in total. The predicted octanol–water partition coefficient (Wildman–Crippen LogP) is 3.67. The first-order valence-corrected chi connectivity index (χ1v) is 11.7. The normalized spacial score (nSPS) is 30.9. The molecule has 0 aliphatic carbocycles. The van der Waals surface area contributed by atoms with Crippen molar-refractivity contribution in [1.29, 1.82) is 0 Å². The lowest BCUT2D eigenvalue weighted by Crippen LogP contribution is -2.57. The van der Waals surface area contributed by atoms with Crippen LogP contribution >= 0.6 is 0 Å². The summed E-state index contributed by atoms with van der Waals surface area (Å²) >= 11 is 0. The standard InChI is InChI=1S/C24H35N3O2/c1-2-13-29-23(28)27-19-7-8-20(27)15-21(14-19)26-11-9-24(10-12-26)17-25-16-18-5-3-4-6-22(18)24/h3-6,19-21,25H,2,7-17H2,1H3. The molecule has 3 saturated heterocycles. The molecule has 158 valence electrons. The second-order valence-electron chi connectivity index (χ2n) is 9.61. The number of hydrogen-bond acceptors (Lipinski definition) is 4. The van der Waals surface area contributed by atoms with Crippen molar-refractivity contribution >= 4 is 6.09 Å². The van der Waals surface area contributed by atoms with Gasteiger partial charge in [0.25, 0.3) is 0 Å². The number of likely N-dealkylation sites (tertiary alicyclic amines) is 1. The summed E-state index contributed by atoms with van der Waals surface area (Å²) in [5.74, 6) is 0. The Hall–Kier alpha value is -1.59. The summed E-state index contributed by atoms with van der Waals surface area (Å²) < 4.78 is 5.47. The number of nitrogens with zero attached hydrogens (tertiary/aromatic N) is 2. The second kappa shape index (κ2) is 7.92. The van der Waals surface area contributed by atoms with E-state index in [1.54, 1.807) is 5.56 Å². The molecule has 2 atom stereocenters. The lowest BCUT2D eigenvalue weighted by atomic mass is 9.69. The van der Waals surface area contributed by atoms with E-state index >= 15 is 0 Å². The van der Waals surface area contributed by atoms with Crippen molar-refractivity contribution in [2.45, 2.75) is 82.0 Å². The molecule has 0 aromatic heterocycles. The molecule has 5 nitrogen and oxygen atoms in total. The molecule has 1 aromatic carbocycles. The lowest BCUT2D eigenvalue weighted by Gasteiger charge is -2.49. The van der Waals surface area contributed by atoms with Crippen LogP contribution in [0.4, 0.5) is 4.79 Å². The van der Waals surface area contributed by atoms with Crippen LogP contribution in [-0.4, -0.2) is 60.3 Å². The molecule has 4 heterocycles. The molecule has 1 amide bonds. The largest absolute Gasteiger partial charge is 0.449 e. The van der Waals surface area contributed by atoms with Gasteiger partial charge in [-0.2, -0.15) is 0 Å². The number of hydrogen-bond donors (Lipinski definition) is 1. The van der Waals surface area contributed by atoms with E-state index in [-0.39, 0.29) is 6.09 Å². The predicted molar refractivity (Wildman–Crippen MR) is 114 cm³/mol. The Kier molecular flexibility index (Phi) is 5.29. The highest BCUT2D eigenvalue weighted by atomic mass is 16.6. The third-order valence-corrected chi connectivity index (χ3v) is 7.99. The molecule has 0 radical (unpaired) electrons. The minimum atomic E-state index is -0.0692. The van der Waals surface area contributed by atoms with Gasteiger partial charge in [0.05, 0.1) is 6.61 Å². The molecule has 1 aromatic rings. The number of piperidine rings is 2. The third kappa shape index (κ3) is 3.46. The van der Waals surface area contributed by atoms with E-state index < -0.39 is 0 Å². The number of carbonyl (C=O) groups is 1. The average Bonchev–Trinajstić information content (AvgIpc) is 3.02. The van der Waals surface area contributed by atoms with Crippen molar-refractivity contribution < 1.29 is 9.53 Å². The number of ether oxygens (including phenoxy) is 1. The van der Waals surface area contributed by atoms with Crippen LogP contribution < -0.4 is 5.32 Å². The SMILES string of the molecule is CCCOC(=O)N1C2CCC1CC(N1CCC3(CC1)CNCc1ccccc13)C2. The molecule has 1 spiro atoms. The van der Waals surface area contributed by atoms with E-state index in [1.807, 2.05) is 0 Å². The minimum absolute atomic E-state index is 0.0692. The Morgan fingerprint density at radius 1 is 1.14 bits per heavy atom. The summed E-state index contributed by atoms with van der Waals surface area (Å²) in [6.07, 6.45) is 7.86. The molecule has 3 fully saturated rings. The highest BCUT2D eigenvalue weighted by Gasteiger charge is 2.47. The molecule has 2 bridgehead atoms. The molecule has 0 saturated carbocycles. The zero-order valence-corrected chi connectivity index (χ0v) is 17.7. The van der Waals surface area contributed by atoms with Gasteiger partial charge in [-0.05, 0) is 69.2 Å². The average molecular weight is 398 g/mol. The number of amides is 1. The minimum Gasteiger partial charge on any atom is -0.449 e. The molecule has 5 heteroatoms. The summed E-state index contributed by atoms with van der Waals surface area (Å²) in [6.45, 7) is 7.09. The second-order valence-corrected chi connectivity index (χ2v) is 9.61. The Morgan fingerprint density at radius 2 is 1.86 bits per heavy atom. The van der Waals surface area contributed by atoms with Gasteiger partial charge in [0.15, 0.2) is 0 Å². The van der Waals surface area contributed by atoms with Crippen LogP contribution in [0.15, 0.2) is 24.3 Å². The van der Waals surface area contributed by atoms with E-state index in [1.165, 1.54) is 31.5 Å². The summed E-state index contributed by atoms with van der Waals surface area (Å²) in [4.78, 5) is 17.3. The van der Waals surface area contributed by atoms with E-state index in [4.69, 9.17) is 4.74 Å². The maximum atomic E-state index is 12.5. The van der Waals surface area contributed by atoms with Crippen LogP contribution in [0.3, 0.4) is 0 Å². The van der Waals surface area contributed by atoms with Crippen molar-refractivity contribution in [2.24, 2.45) is 0 Å². The Balaban J connectivity index is 1.23. The molecular weight excluding hydrogens is 362 g/mol. The highest BCUT2D eigenvalue weighted by Crippen LogP contribution is 2.43. The Morgan fingerprint density at radius 3 is 2.59 bits per heavy atom. The fourth-order valence-electron chi connectivity index (χ4n) is 6.50. The van der Waals surface area contributed by atoms with Crippen LogP contribution in [0.2, 0.25) is 0 Å². The molecular formula is C24H35N3O2. The van der Waals surface area contributed by atoms with Gasteiger partial charge in [0.1, 0.15) is 0 Å². The van der Waals surface area contributed by atoms with Crippen LogP contribution in [-0.2, 0) is 16.7 Å². The van der Waals surface area contributed by atoms with E-state index in [2.05, 4.69) is 46.3 Å². The molecule has 5 rings (SSSR count). The van der Waals surface area contributed by atoms with E-state index in [0.29, 0.717) is 30.1 Å². The van der Waals surface area contributed by atoms with E-state index in [0.717, 1.165) is 45.2 Å². The van der Waals surface area contributed by atoms with Crippen molar-refractivity contribution in [1.82, 2.24) is 15.1 Å². The first-order chi connectivity index (χ1) is 14.2. The number of benzene rings is 1. The summed E-state index contributed by atoms with van der Waals surface area (Å²) in [5, 5.41) is 3.68. The molecule has 29 heavy (non-hydrogen) atoms. The zero-order valence-electron chi connectivity index (χ0n) is 17.7. The Bertz CT molecular complexity index is 729. The van der Waals surface area contributed by atoms with Crippen LogP contribution in [0.5, 0.6) is 0 Å². The van der Waals surface area contributed by atoms with Gasteiger partial charge < -0.3 is 19.9 Å². The van der Waals surface area contributed by atoms with Crippen LogP contribution in [0, 0.1) is 0 Å². The van der Waals surface area contributed by atoms with Gasteiger partial charge in [-0.25, -0.2) is 4.79 Å². The molecule has 4 aliphatic rings. The fourth-order valence-corrected chi connectivity index (χ4v) is 6.50. The summed E-state index contributed by atoms with van der Waals surface area (Å²) in [6, 6.07) is 10.4. The number of nitrogens with one attached hydrogen (secondary N) is 1. The quantitative estimate of drug-likeness (QED) is 0.845. The lowest BCUT2D eigenvalue weighted by molar-refractivity contribution is 0.0249. The monoisotopic (exact) mass is 397 g/mol. The van der Waals surface area contributed by atoms with Crippen LogP contribution in [0.25, 0.3) is 0 Å². The third-order valence-electron chi connectivity index (χ3n) is 7.99. The zero-order chi connectivity index (χ0) is 19.8. The summed E-state index contributed by atoms with van der Waals surface area (Å²) in [7, 11) is 0. The smallest absolute Gasteiger partial charge is 0.410 e. The van der Waals surface area contributed by atoms with Gasteiger partial charge >= 0.3 is 6.09 Å². The van der Waals surface area contributed by atoms with Gasteiger partial charge in [-0.15, -0.1) is 0 Å². The number of rotatable bonds is 3. The van der Waals surface area contributed by atoms with Crippen molar-refractivity contribution in [3.05, 3.63) is 35.4 Å². The first-order valence-electron chi connectivity index (χ1n) is 11.7. The topological polar surface area (TPSA) is 44.8 Å². The van der Waals surface area contributed by atoms with Gasteiger partial charge in [-0.3, -0.25) is 0 Å². The van der Waals surface area contributed by atoms with Gasteiger partial charge in [0.2, 0.25) is 0 Å².